The van der Waals surface area contributed by atoms with Crippen LogP contribution in [0, 0.1) is 0 Å². The summed E-state index contributed by atoms with van der Waals surface area (Å²) in [7, 11) is 1.62. The van der Waals surface area contributed by atoms with E-state index >= 15 is 0 Å². The Morgan fingerprint density at radius 3 is 2.78 bits per heavy atom. The van der Waals surface area contributed by atoms with Gasteiger partial charge in [0.05, 0.1) is 18.2 Å². The molecule has 102 valence electrons. The maximum atomic E-state index is 11.6. The first kappa shape index (κ1) is 15.3. The zero-order chi connectivity index (χ0) is 13.4. The molecule has 0 aromatic carbocycles. The van der Waals surface area contributed by atoms with E-state index in [1.807, 2.05) is 0 Å². The zero-order valence-corrected chi connectivity index (χ0v) is 11.6. The van der Waals surface area contributed by atoms with Gasteiger partial charge in [0.2, 0.25) is 0 Å². The number of carbonyl (C=O) groups is 1. The van der Waals surface area contributed by atoms with Crippen LogP contribution in [-0.4, -0.2) is 44.4 Å². The molecule has 1 rings (SSSR count). The van der Waals surface area contributed by atoms with Gasteiger partial charge in [-0.3, -0.25) is 4.79 Å². The molecule has 0 bridgehead atoms. The third kappa shape index (κ3) is 5.27. The number of nitrogens with one attached hydrogen (secondary N) is 2. The molecular weight excluding hydrogens is 279 g/mol. The van der Waals surface area contributed by atoms with Crippen molar-refractivity contribution in [1.29, 1.82) is 0 Å². The molecule has 0 atom stereocenters. The van der Waals surface area contributed by atoms with Crippen LogP contribution < -0.4 is 5.32 Å². The molecule has 7 heteroatoms. The van der Waals surface area contributed by atoms with Crippen molar-refractivity contribution in [2.75, 3.05) is 33.5 Å². The maximum absolute atomic E-state index is 11.6. The second-order valence-electron chi connectivity index (χ2n) is 3.56. The minimum absolute atomic E-state index is 0.235. The summed E-state index contributed by atoms with van der Waals surface area (Å²) in [6, 6.07) is 1.49. The van der Waals surface area contributed by atoms with Gasteiger partial charge in [0.15, 0.2) is 0 Å². The summed E-state index contributed by atoms with van der Waals surface area (Å²) in [5, 5.41) is 3.34. The van der Waals surface area contributed by atoms with Crippen molar-refractivity contribution in [3.05, 3.63) is 21.9 Å². The Labute approximate surface area is 116 Å². The summed E-state index contributed by atoms with van der Waals surface area (Å²) >= 11 is 11.4. The number of aromatic nitrogens is 1. The quantitative estimate of drug-likeness (QED) is 0.722. The molecule has 0 saturated heterocycles. The van der Waals surface area contributed by atoms with Gasteiger partial charge in [-0.25, -0.2) is 0 Å². The lowest BCUT2D eigenvalue weighted by Crippen LogP contribution is -2.25. The number of hydrogen-bond acceptors (Lipinski definition) is 3. The van der Waals surface area contributed by atoms with Crippen LogP contribution in [0.3, 0.4) is 0 Å². The van der Waals surface area contributed by atoms with E-state index in [9.17, 15) is 4.79 Å². The number of rotatable bonds is 8. The summed E-state index contributed by atoms with van der Waals surface area (Å²) in [6.07, 6.45) is 0.734. The molecule has 0 aliphatic heterocycles. The molecular formula is C11H16Cl2N2O3. The Bertz CT molecular complexity index is 363. The van der Waals surface area contributed by atoms with E-state index in [4.69, 9.17) is 32.7 Å². The monoisotopic (exact) mass is 294 g/mol. The molecule has 0 fully saturated rings. The Morgan fingerprint density at radius 2 is 2.17 bits per heavy atom. The zero-order valence-electron chi connectivity index (χ0n) is 10.1. The molecule has 0 saturated carbocycles. The van der Waals surface area contributed by atoms with E-state index in [1.165, 1.54) is 6.07 Å². The standard InChI is InChI=1S/C11H16Cl2N2O3/c1-17-5-6-18-4-2-3-14-11(16)9-7-8(12)10(13)15-9/h7,15H,2-6H2,1H3,(H,14,16). The number of ether oxygens (including phenoxy) is 2. The number of halogens is 2. The van der Waals surface area contributed by atoms with Crippen LogP contribution in [0.2, 0.25) is 10.2 Å². The molecule has 1 aromatic rings. The van der Waals surface area contributed by atoms with Gasteiger partial charge < -0.3 is 19.8 Å². The largest absolute Gasteiger partial charge is 0.382 e. The van der Waals surface area contributed by atoms with Crippen LogP contribution in [0.4, 0.5) is 0 Å². The van der Waals surface area contributed by atoms with Gasteiger partial charge >= 0.3 is 0 Å². The van der Waals surface area contributed by atoms with Gasteiger partial charge in [0, 0.05) is 20.3 Å². The molecule has 0 aliphatic carbocycles. The second kappa shape index (κ2) is 8.37. The van der Waals surface area contributed by atoms with Gasteiger partial charge in [0.25, 0.3) is 5.91 Å². The van der Waals surface area contributed by atoms with Crippen molar-refractivity contribution in [3.8, 4) is 0 Å². The van der Waals surface area contributed by atoms with Gasteiger partial charge in [-0.2, -0.15) is 0 Å². The van der Waals surface area contributed by atoms with Gasteiger partial charge in [0.1, 0.15) is 10.8 Å². The highest BCUT2D eigenvalue weighted by Gasteiger charge is 2.10. The molecule has 1 heterocycles. The summed E-state index contributed by atoms with van der Waals surface area (Å²) in [6.45, 7) is 2.24. The number of carbonyl (C=O) groups excluding carboxylic acids is 1. The average molecular weight is 295 g/mol. The lowest BCUT2D eigenvalue weighted by atomic mass is 10.4. The van der Waals surface area contributed by atoms with E-state index in [2.05, 4.69) is 10.3 Å². The first-order valence-electron chi connectivity index (χ1n) is 5.54. The third-order valence-electron chi connectivity index (χ3n) is 2.15. The normalized spacial score (nSPS) is 10.6. The van der Waals surface area contributed by atoms with Crippen molar-refractivity contribution >= 4 is 29.1 Å². The topological polar surface area (TPSA) is 63.4 Å². The summed E-state index contributed by atoms with van der Waals surface area (Å²) < 4.78 is 10.1. The van der Waals surface area contributed by atoms with Gasteiger partial charge in [-0.15, -0.1) is 0 Å². The average Bonchev–Trinajstić information content (AvgIpc) is 2.68. The fraction of sp³-hybridized carbons (Fsp3) is 0.545. The molecule has 0 unspecified atom stereocenters. The number of amides is 1. The Hall–Kier alpha value is -0.750. The lowest BCUT2D eigenvalue weighted by molar-refractivity contribution is 0.0688. The number of aromatic amines is 1. The number of H-pyrrole nitrogens is 1. The highest BCUT2D eigenvalue weighted by atomic mass is 35.5. The second-order valence-corrected chi connectivity index (χ2v) is 4.34. The van der Waals surface area contributed by atoms with Crippen molar-refractivity contribution in [1.82, 2.24) is 10.3 Å². The van der Waals surface area contributed by atoms with Crippen LogP contribution in [0.15, 0.2) is 6.07 Å². The van der Waals surface area contributed by atoms with E-state index in [-0.39, 0.29) is 11.1 Å². The maximum Gasteiger partial charge on any atom is 0.267 e. The molecule has 18 heavy (non-hydrogen) atoms. The van der Waals surface area contributed by atoms with Crippen LogP contribution in [0.1, 0.15) is 16.9 Å². The Balaban J connectivity index is 2.14. The predicted molar refractivity (Wildman–Crippen MR) is 70.5 cm³/mol. The lowest BCUT2D eigenvalue weighted by Gasteiger charge is -2.05. The van der Waals surface area contributed by atoms with Crippen molar-refractivity contribution in [2.24, 2.45) is 0 Å². The molecule has 5 nitrogen and oxygen atoms in total. The summed E-state index contributed by atoms with van der Waals surface area (Å²) in [4.78, 5) is 14.3. The molecule has 0 radical (unpaired) electrons. The number of hydrogen-bond donors (Lipinski definition) is 2. The van der Waals surface area contributed by atoms with Crippen molar-refractivity contribution in [2.45, 2.75) is 6.42 Å². The van der Waals surface area contributed by atoms with Crippen LogP contribution in [0.5, 0.6) is 0 Å². The minimum Gasteiger partial charge on any atom is -0.382 e. The molecule has 1 aromatic heterocycles. The van der Waals surface area contributed by atoms with Crippen molar-refractivity contribution in [3.63, 3.8) is 0 Å². The SMILES string of the molecule is COCCOCCCNC(=O)c1cc(Cl)c(Cl)[nH]1. The van der Waals surface area contributed by atoms with E-state index in [1.54, 1.807) is 7.11 Å². The fourth-order valence-corrected chi connectivity index (χ4v) is 1.55. The summed E-state index contributed by atoms with van der Waals surface area (Å²) in [5.74, 6) is -0.235. The molecule has 2 N–H and O–H groups in total. The highest BCUT2D eigenvalue weighted by Crippen LogP contribution is 2.21. The summed E-state index contributed by atoms with van der Waals surface area (Å²) in [5.41, 5.74) is 0.352. The molecule has 0 spiro atoms. The van der Waals surface area contributed by atoms with E-state index in [0.717, 1.165) is 6.42 Å². The van der Waals surface area contributed by atoms with E-state index in [0.29, 0.717) is 37.1 Å². The predicted octanol–water partition coefficient (Wildman–Crippen LogP) is 2.10. The van der Waals surface area contributed by atoms with Gasteiger partial charge in [-0.1, -0.05) is 23.2 Å². The van der Waals surface area contributed by atoms with Crippen LogP contribution >= 0.6 is 23.2 Å². The minimum atomic E-state index is -0.235. The first-order chi connectivity index (χ1) is 8.65. The highest BCUT2D eigenvalue weighted by molar-refractivity contribution is 6.41. The van der Waals surface area contributed by atoms with Crippen LogP contribution in [0.25, 0.3) is 0 Å². The fourth-order valence-electron chi connectivity index (χ4n) is 1.24. The molecule has 0 aliphatic rings. The third-order valence-corrected chi connectivity index (χ3v) is 2.85. The molecule has 1 amide bonds. The van der Waals surface area contributed by atoms with Crippen LogP contribution in [-0.2, 0) is 9.47 Å². The Kier molecular flexibility index (Phi) is 7.12. The smallest absolute Gasteiger partial charge is 0.267 e. The first-order valence-corrected chi connectivity index (χ1v) is 6.29. The Morgan fingerprint density at radius 1 is 1.39 bits per heavy atom. The van der Waals surface area contributed by atoms with Gasteiger partial charge in [-0.05, 0) is 12.5 Å². The van der Waals surface area contributed by atoms with E-state index < -0.39 is 0 Å². The number of methoxy groups -OCH3 is 1. The van der Waals surface area contributed by atoms with Crippen molar-refractivity contribution < 1.29 is 14.3 Å².